The van der Waals surface area contributed by atoms with E-state index in [4.69, 9.17) is 19.5 Å². The zero-order chi connectivity index (χ0) is 19.7. The molecule has 2 aromatic rings. The number of amidine groups is 2. The van der Waals surface area contributed by atoms with E-state index in [2.05, 4.69) is 9.80 Å². The van der Waals surface area contributed by atoms with Crippen molar-refractivity contribution in [3.63, 3.8) is 0 Å². The first-order valence-electron chi connectivity index (χ1n) is 9.99. The van der Waals surface area contributed by atoms with E-state index in [0.717, 1.165) is 74.3 Å². The lowest BCUT2D eigenvalue weighted by atomic mass is 10.3. The highest BCUT2D eigenvalue weighted by atomic mass is 32.2. The second-order valence-electron chi connectivity index (χ2n) is 6.76. The first-order chi connectivity index (χ1) is 14.4. The lowest BCUT2D eigenvalue weighted by molar-refractivity contribution is 0.0687. The van der Waals surface area contributed by atoms with Crippen LogP contribution in [0.5, 0.6) is 0 Å². The normalized spacial score (nSPS) is 18.8. The molecule has 2 aliphatic heterocycles. The van der Waals surface area contributed by atoms with Gasteiger partial charge in [-0.3, -0.25) is 0 Å². The third kappa shape index (κ3) is 5.82. The molecule has 7 heteroatoms. The summed E-state index contributed by atoms with van der Waals surface area (Å²) in [5.74, 6) is 0. The molecule has 0 aliphatic carbocycles. The van der Waals surface area contributed by atoms with Gasteiger partial charge in [0.1, 0.15) is 0 Å². The third-order valence-corrected chi connectivity index (χ3v) is 5.77. The lowest BCUT2D eigenvalue weighted by Gasteiger charge is -2.33. The van der Waals surface area contributed by atoms with Gasteiger partial charge in [-0.2, -0.15) is 0 Å². The lowest BCUT2D eigenvalue weighted by Crippen LogP contribution is -2.43. The average Bonchev–Trinajstić information content (AvgIpc) is 2.81. The first-order valence-corrected chi connectivity index (χ1v) is 10.8. The van der Waals surface area contributed by atoms with Gasteiger partial charge in [-0.1, -0.05) is 36.4 Å². The number of rotatable bonds is 2. The summed E-state index contributed by atoms with van der Waals surface area (Å²) in [6, 6.07) is 20.2. The molecule has 0 unspecified atom stereocenters. The molecule has 0 amide bonds. The van der Waals surface area contributed by atoms with Crippen LogP contribution in [0.15, 0.2) is 70.6 Å². The minimum Gasteiger partial charge on any atom is -0.378 e. The van der Waals surface area contributed by atoms with Crippen molar-refractivity contribution in [2.75, 3.05) is 52.6 Å². The van der Waals surface area contributed by atoms with Gasteiger partial charge in [-0.25, -0.2) is 9.98 Å². The van der Waals surface area contributed by atoms with Crippen LogP contribution in [0.3, 0.4) is 0 Å². The fourth-order valence-electron chi connectivity index (χ4n) is 3.13. The van der Waals surface area contributed by atoms with E-state index in [1.165, 1.54) is 0 Å². The molecule has 0 spiro atoms. The SMILES string of the molecule is c1ccc(N=C(SC(=Nc2ccccc2)N2CCOCC2)N2CCOCC2)cc1. The molecule has 152 valence electrons. The highest BCUT2D eigenvalue weighted by Crippen LogP contribution is 2.24. The fraction of sp³-hybridized carbons (Fsp3) is 0.364. The van der Waals surface area contributed by atoms with Gasteiger partial charge < -0.3 is 19.3 Å². The molecule has 29 heavy (non-hydrogen) atoms. The van der Waals surface area contributed by atoms with Gasteiger partial charge in [-0.05, 0) is 36.0 Å². The molecule has 0 radical (unpaired) electrons. The van der Waals surface area contributed by atoms with Crippen LogP contribution < -0.4 is 0 Å². The summed E-state index contributed by atoms with van der Waals surface area (Å²) in [6.07, 6.45) is 0. The monoisotopic (exact) mass is 410 g/mol. The molecule has 2 aliphatic rings. The molecule has 4 rings (SSSR count). The fourth-order valence-corrected chi connectivity index (χ4v) is 4.22. The van der Waals surface area contributed by atoms with Crippen LogP contribution in [0.25, 0.3) is 0 Å². The van der Waals surface area contributed by atoms with Crippen LogP contribution >= 0.6 is 11.8 Å². The number of benzene rings is 2. The summed E-state index contributed by atoms with van der Waals surface area (Å²) in [5.41, 5.74) is 1.89. The van der Waals surface area contributed by atoms with Crippen molar-refractivity contribution in [2.24, 2.45) is 9.98 Å². The van der Waals surface area contributed by atoms with Gasteiger partial charge >= 0.3 is 0 Å². The summed E-state index contributed by atoms with van der Waals surface area (Å²) in [4.78, 5) is 14.5. The van der Waals surface area contributed by atoms with E-state index in [1.807, 2.05) is 60.7 Å². The van der Waals surface area contributed by atoms with Gasteiger partial charge in [-0.15, -0.1) is 0 Å². The van der Waals surface area contributed by atoms with Crippen molar-refractivity contribution in [3.05, 3.63) is 60.7 Å². The largest absolute Gasteiger partial charge is 0.378 e. The molecule has 0 saturated carbocycles. The Bertz CT molecular complexity index is 748. The van der Waals surface area contributed by atoms with Gasteiger partial charge in [0.25, 0.3) is 0 Å². The summed E-state index contributed by atoms with van der Waals surface area (Å²) in [6.45, 7) is 6.21. The van der Waals surface area contributed by atoms with Gasteiger partial charge in [0.05, 0.1) is 37.8 Å². The molecule has 0 aromatic heterocycles. The van der Waals surface area contributed by atoms with Crippen molar-refractivity contribution in [1.82, 2.24) is 9.80 Å². The summed E-state index contributed by atoms with van der Waals surface area (Å²) in [7, 11) is 0. The molecule has 0 bridgehead atoms. The van der Waals surface area contributed by atoms with Crippen molar-refractivity contribution in [2.45, 2.75) is 0 Å². The van der Waals surface area contributed by atoms with E-state index >= 15 is 0 Å². The Morgan fingerprint density at radius 1 is 0.621 bits per heavy atom. The van der Waals surface area contributed by atoms with Crippen molar-refractivity contribution >= 4 is 33.5 Å². The number of thioether (sulfide) groups is 1. The van der Waals surface area contributed by atoms with Gasteiger partial charge in [0.2, 0.25) is 0 Å². The van der Waals surface area contributed by atoms with E-state index in [1.54, 1.807) is 11.8 Å². The molecule has 2 fully saturated rings. The average molecular weight is 411 g/mol. The van der Waals surface area contributed by atoms with E-state index in [9.17, 15) is 0 Å². The molecular weight excluding hydrogens is 384 g/mol. The number of hydrogen-bond donors (Lipinski definition) is 0. The Morgan fingerprint density at radius 3 is 1.38 bits per heavy atom. The van der Waals surface area contributed by atoms with E-state index in [-0.39, 0.29) is 0 Å². The molecule has 0 atom stereocenters. The Balaban J connectivity index is 1.65. The molecule has 2 heterocycles. The number of aliphatic imine (C=N–C) groups is 2. The second-order valence-corrected chi connectivity index (χ2v) is 7.70. The molecular formula is C22H26N4O2S. The quantitative estimate of drug-likeness (QED) is 0.557. The predicted octanol–water partition coefficient (Wildman–Crippen LogP) is 3.76. The minimum absolute atomic E-state index is 0.719. The molecule has 6 nitrogen and oxygen atoms in total. The molecule has 2 aromatic carbocycles. The van der Waals surface area contributed by atoms with Crippen molar-refractivity contribution in [1.29, 1.82) is 0 Å². The maximum absolute atomic E-state index is 5.55. The third-order valence-electron chi connectivity index (χ3n) is 4.71. The van der Waals surface area contributed by atoms with Crippen molar-refractivity contribution < 1.29 is 9.47 Å². The van der Waals surface area contributed by atoms with Gasteiger partial charge in [0.15, 0.2) is 10.3 Å². The zero-order valence-corrected chi connectivity index (χ0v) is 17.3. The Kier molecular flexibility index (Phi) is 7.18. The van der Waals surface area contributed by atoms with Crippen LogP contribution in [0, 0.1) is 0 Å². The second kappa shape index (κ2) is 10.4. The van der Waals surface area contributed by atoms with Crippen LogP contribution in [0.2, 0.25) is 0 Å². The molecule has 2 saturated heterocycles. The number of ether oxygens (including phenoxy) is 2. The maximum atomic E-state index is 5.55. The zero-order valence-electron chi connectivity index (χ0n) is 16.4. The van der Waals surface area contributed by atoms with Gasteiger partial charge in [0, 0.05) is 26.2 Å². The number of para-hydroxylation sites is 2. The standard InChI is InChI=1S/C22H26N4O2S/c1-3-7-19(8-4-1)23-21(25-11-15-27-16-12-25)29-22(26-13-17-28-18-14-26)24-20-9-5-2-6-10-20/h1-10H,11-18H2. The maximum Gasteiger partial charge on any atom is 0.172 e. The number of nitrogens with zero attached hydrogens (tertiary/aromatic N) is 4. The highest BCUT2D eigenvalue weighted by molar-refractivity contribution is 8.26. The predicted molar refractivity (Wildman–Crippen MR) is 119 cm³/mol. The summed E-state index contributed by atoms with van der Waals surface area (Å²) >= 11 is 1.63. The first kappa shape index (κ1) is 19.9. The van der Waals surface area contributed by atoms with Crippen LogP contribution in [0.4, 0.5) is 11.4 Å². The van der Waals surface area contributed by atoms with E-state index in [0.29, 0.717) is 0 Å². The van der Waals surface area contributed by atoms with Crippen LogP contribution in [-0.4, -0.2) is 72.7 Å². The topological polar surface area (TPSA) is 49.7 Å². The molecule has 0 N–H and O–H groups in total. The summed E-state index contributed by atoms with van der Waals surface area (Å²) in [5, 5.41) is 1.92. The Labute approximate surface area is 176 Å². The smallest absolute Gasteiger partial charge is 0.172 e. The van der Waals surface area contributed by atoms with Crippen LogP contribution in [-0.2, 0) is 9.47 Å². The summed E-state index contributed by atoms with van der Waals surface area (Å²) < 4.78 is 11.1. The van der Waals surface area contributed by atoms with E-state index < -0.39 is 0 Å². The van der Waals surface area contributed by atoms with Crippen molar-refractivity contribution in [3.8, 4) is 0 Å². The highest BCUT2D eigenvalue weighted by Gasteiger charge is 2.23. The Morgan fingerprint density at radius 2 is 1.00 bits per heavy atom. The number of morpholine rings is 2. The Hall–Kier alpha value is -2.35. The number of hydrogen-bond acceptors (Lipinski definition) is 5. The minimum atomic E-state index is 0.719. The van der Waals surface area contributed by atoms with Crippen LogP contribution in [0.1, 0.15) is 0 Å².